The Morgan fingerprint density at radius 1 is 1.25 bits per heavy atom. The molecule has 0 atom stereocenters. The Hall–Kier alpha value is -1.62. The molecular weight excluding hydrogens is 307 g/mol. The smallest absolute Gasteiger partial charge is 0.317 e. The topological polar surface area (TPSA) is 41.6 Å². The highest BCUT2D eigenvalue weighted by Crippen LogP contribution is 2.40. The predicted molar refractivity (Wildman–Crippen MR) is 91.5 cm³/mol. The first kappa shape index (κ1) is 17.2. The van der Waals surface area contributed by atoms with Crippen LogP contribution in [0, 0.1) is 11.2 Å². The van der Waals surface area contributed by atoms with Crippen LogP contribution in [-0.4, -0.2) is 44.3 Å². The van der Waals surface area contributed by atoms with E-state index in [0.717, 1.165) is 31.2 Å². The van der Waals surface area contributed by atoms with Gasteiger partial charge in [-0.3, -0.25) is 0 Å². The first-order chi connectivity index (χ1) is 11.4. The van der Waals surface area contributed by atoms with Gasteiger partial charge in [0.05, 0.1) is 13.2 Å². The lowest BCUT2D eigenvalue weighted by Gasteiger charge is -2.41. The van der Waals surface area contributed by atoms with Crippen LogP contribution in [0.25, 0.3) is 0 Å². The van der Waals surface area contributed by atoms with Crippen LogP contribution in [0.15, 0.2) is 24.3 Å². The number of amides is 2. The van der Waals surface area contributed by atoms with Crippen LogP contribution < -0.4 is 5.32 Å². The summed E-state index contributed by atoms with van der Waals surface area (Å²) >= 11 is 0. The van der Waals surface area contributed by atoms with Crippen LogP contribution in [0.5, 0.6) is 0 Å². The molecule has 5 heteroatoms. The Morgan fingerprint density at radius 3 is 2.42 bits per heavy atom. The van der Waals surface area contributed by atoms with Crippen LogP contribution in [0.1, 0.15) is 38.2 Å². The summed E-state index contributed by atoms with van der Waals surface area (Å²) in [6, 6.07) is 6.71. The third-order valence-corrected chi connectivity index (χ3v) is 5.46. The summed E-state index contributed by atoms with van der Waals surface area (Å²) in [6.45, 7) is 4.86. The van der Waals surface area contributed by atoms with Gasteiger partial charge in [-0.15, -0.1) is 0 Å². The monoisotopic (exact) mass is 334 g/mol. The fraction of sp³-hybridized carbons (Fsp3) is 0.632. The molecule has 132 valence electrons. The standard InChI is InChI=1S/C19H27FN2O2/c1-18(13-24-14-18)12-22(2)17(23)21-11-19(9-3-4-10-19)15-5-7-16(20)8-6-15/h5-8H,3-4,9-14H2,1-2H3,(H,21,23). The quantitative estimate of drug-likeness (QED) is 0.897. The Kier molecular flexibility index (Phi) is 4.81. The molecular formula is C19H27FN2O2. The molecule has 3 rings (SSSR count). The highest BCUT2D eigenvalue weighted by molar-refractivity contribution is 5.74. The third kappa shape index (κ3) is 3.56. The third-order valence-electron chi connectivity index (χ3n) is 5.46. The summed E-state index contributed by atoms with van der Waals surface area (Å²) in [5.41, 5.74) is 1.14. The molecule has 0 bridgehead atoms. The second kappa shape index (κ2) is 6.71. The summed E-state index contributed by atoms with van der Waals surface area (Å²) in [5.74, 6) is -0.216. The Labute approximate surface area is 143 Å². The van der Waals surface area contributed by atoms with Crippen LogP contribution in [0.2, 0.25) is 0 Å². The zero-order valence-electron chi connectivity index (χ0n) is 14.6. The number of benzene rings is 1. The van der Waals surface area contributed by atoms with Crippen molar-refractivity contribution in [3.63, 3.8) is 0 Å². The molecule has 0 spiro atoms. The maximum atomic E-state index is 13.2. The number of carbonyl (C=O) groups excluding carboxylic acids is 1. The van der Waals surface area contributed by atoms with Gasteiger partial charge in [0.25, 0.3) is 0 Å². The van der Waals surface area contributed by atoms with E-state index in [1.807, 2.05) is 19.2 Å². The minimum absolute atomic E-state index is 0.0449. The second-order valence-corrected chi connectivity index (χ2v) is 7.81. The van der Waals surface area contributed by atoms with Crippen molar-refractivity contribution in [2.45, 2.75) is 38.0 Å². The van der Waals surface area contributed by atoms with Gasteiger partial charge in [0.2, 0.25) is 0 Å². The molecule has 1 heterocycles. The number of rotatable bonds is 5. The van der Waals surface area contributed by atoms with Gasteiger partial charge in [-0.05, 0) is 30.5 Å². The zero-order valence-corrected chi connectivity index (χ0v) is 14.6. The van der Waals surface area contributed by atoms with Gasteiger partial charge in [-0.2, -0.15) is 0 Å². The Morgan fingerprint density at radius 2 is 1.88 bits per heavy atom. The van der Waals surface area contributed by atoms with E-state index in [-0.39, 0.29) is 22.7 Å². The molecule has 1 aromatic rings. The molecule has 1 saturated carbocycles. The fourth-order valence-corrected chi connectivity index (χ4v) is 3.99. The number of hydrogen-bond donors (Lipinski definition) is 1. The molecule has 1 saturated heterocycles. The van der Waals surface area contributed by atoms with Gasteiger partial charge in [-0.25, -0.2) is 9.18 Å². The first-order valence-corrected chi connectivity index (χ1v) is 8.75. The summed E-state index contributed by atoms with van der Waals surface area (Å²) < 4.78 is 18.5. The number of urea groups is 1. The summed E-state index contributed by atoms with van der Waals surface area (Å²) in [5, 5.41) is 3.10. The summed E-state index contributed by atoms with van der Waals surface area (Å²) in [6.07, 6.45) is 4.37. The van der Waals surface area contributed by atoms with Crippen molar-refractivity contribution >= 4 is 6.03 Å². The highest BCUT2D eigenvalue weighted by Gasteiger charge is 2.38. The summed E-state index contributed by atoms with van der Waals surface area (Å²) in [4.78, 5) is 14.2. The highest BCUT2D eigenvalue weighted by atomic mass is 19.1. The first-order valence-electron chi connectivity index (χ1n) is 8.75. The van der Waals surface area contributed by atoms with Crippen LogP contribution >= 0.6 is 0 Å². The average Bonchev–Trinajstić information content (AvgIpc) is 3.01. The normalized spacial score (nSPS) is 21.1. The van der Waals surface area contributed by atoms with E-state index < -0.39 is 0 Å². The molecule has 4 nitrogen and oxygen atoms in total. The second-order valence-electron chi connectivity index (χ2n) is 7.81. The van der Waals surface area contributed by atoms with Crippen molar-refractivity contribution in [1.29, 1.82) is 0 Å². The van der Waals surface area contributed by atoms with Gasteiger partial charge >= 0.3 is 6.03 Å². The average molecular weight is 334 g/mol. The molecule has 1 aromatic carbocycles. The van der Waals surface area contributed by atoms with Crippen LogP contribution in [0.3, 0.4) is 0 Å². The SMILES string of the molecule is CN(CC1(C)COC1)C(=O)NCC1(c2ccc(F)cc2)CCCC1. The van der Waals surface area contributed by atoms with E-state index in [4.69, 9.17) is 4.74 Å². The van der Waals surface area contributed by atoms with Gasteiger partial charge in [0, 0.05) is 31.0 Å². The lowest BCUT2D eigenvalue weighted by Crippen LogP contribution is -2.52. The number of carbonyl (C=O) groups is 1. The van der Waals surface area contributed by atoms with Crippen molar-refractivity contribution in [3.05, 3.63) is 35.6 Å². The number of nitrogens with one attached hydrogen (secondary N) is 1. The van der Waals surface area contributed by atoms with E-state index in [1.54, 1.807) is 4.90 Å². The molecule has 24 heavy (non-hydrogen) atoms. The van der Waals surface area contributed by atoms with Crippen molar-refractivity contribution in [1.82, 2.24) is 10.2 Å². The fourth-order valence-electron chi connectivity index (χ4n) is 3.99. The van der Waals surface area contributed by atoms with Crippen LogP contribution in [-0.2, 0) is 10.2 Å². The van der Waals surface area contributed by atoms with Gasteiger partial charge in [0.1, 0.15) is 5.82 Å². The Balaban J connectivity index is 1.61. The lowest BCUT2D eigenvalue weighted by molar-refractivity contribution is -0.108. The number of nitrogens with zero attached hydrogens (tertiary/aromatic N) is 1. The number of hydrogen-bond acceptors (Lipinski definition) is 2. The largest absolute Gasteiger partial charge is 0.380 e. The number of halogens is 1. The predicted octanol–water partition coefficient (Wildman–Crippen LogP) is 3.32. The van der Waals surface area contributed by atoms with Crippen molar-refractivity contribution in [2.24, 2.45) is 5.41 Å². The molecule has 2 amide bonds. The van der Waals surface area contributed by atoms with Gasteiger partial charge < -0.3 is 15.0 Å². The van der Waals surface area contributed by atoms with Crippen LogP contribution in [0.4, 0.5) is 9.18 Å². The number of ether oxygens (including phenoxy) is 1. The minimum atomic E-state index is -0.216. The molecule has 1 N–H and O–H groups in total. The molecule has 0 unspecified atom stereocenters. The lowest BCUT2D eigenvalue weighted by atomic mass is 9.79. The van der Waals surface area contributed by atoms with E-state index in [0.29, 0.717) is 26.3 Å². The Bertz CT molecular complexity index is 578. The van der Waals surface area contributed by atoms with Gasteiger partial charge in [0.15, 0.2) is 0 Å². The molecule has 0 radical (unpaired) electrons. The summed E-state index contributed by atoms with van der Waals surface area (Å²) in [7, 11) is 1.83. The molecule has 1 aliphatic carbocycles. The van der Waals surface area contributed by atoms with E-state index in [9.17, 15) is 9.18 Å². The molecule has 2 aliphatic rings. The van der Waals surface area contributed by atoms with Crippen molar-refractivity contribution in [3.8, 4) is 0 Å². The molecule has 1 aliphatic heterocycles. The molecule has 2 fully saturated rings. The van der Waals surface area contributed by atoms with Crippen molar-refractivity contribution < 1.29 is 13.9 Å². The molecule has 0 aromatic heterocycles. The van der Waals surface area contributed by atoms with E-state index >= 15 is 0 Å². The van der Waals surface area contributed by atoms with E-state index in [2.05, 4.69) is 12.2 Å². The van der Waals surface area contributed by atoms with Gasteiger partial charge in [-0.1, -0.05) is 31.9 Å². The van der Waals surface area contributed by atoms with E-state index in [1.165, 1.54) is 12.1 Å². The zero-order chi connectivity index (χ0) is 17.2. The maximum absolute atomic E-state index is 13.2. The maximum Gasteiger partial charge on any atom is 0.317 e. The van der Waals surface area contributed by atoms with Crippen molar-refractivity contribution in [2.75, 3.05) is 33.4 Å². The minimum Gasteiger partial charge on any atom is -0.380 e.